The molecule has 0 aliphatic carbocycles. The number of nitrogens with zero attached hydrogens (tertiary/aromatic N) is 3. The Morgan fingerprint density at radius 1 is 1.00 bits per heavy atom. The SMILES string of the molecule is COCCN1C(=O)N(Cc2cccc(OC)c2)C(=O)C12CCN(Cc1cccc3cc[nH]c13)CC2. The van der Waals surface area contributed by atoms with Crippen molar-refractivity contribution in [3.05, 3.63) is 65.9 Å². The number of urea groups is 1. The first kappa shape index (κ1) is 23.4. The summed E-state index contributed by atoms with van der Waals surface area (Å²) in [4.78, 5) is 36.1. The summed E-state index contributed by atoms with van der Waals surface area (Å²) >= 11 is 0. The van der Waals surface area contributed by atoms with Crippen molar-refractivity contribution in [3.8, 4) is 5.75 Å². The van der Waals surface area contributed by atoms with Gasteiger partial charge in [0.1, 0.15) is 11.3 Å². The molecule has 0 atom stereocenters. The molecule has 0 saturated carbocycles. The van der Waals surface area contributed by atoms with Gasteiger partial charge in [-0.05, 0) is 47.6 Å². The fourth-order valence-electron chi connectivity index (χ4n) is 5.45. The summed E-state index contributed by atoms with van der Waals surface area (Å²) in [6, 6.07) is 15.7. The number of rotatable bonds is 8. The van der Waals surface area contributed by atoms with E-state index < -0.39 is 5.54 Å². The van der Waals surface area contributed by atoms with Gasteiger partial charge >= 0.3 is 6.03 Å². The Hall–Kier alpha value is -3.36. The lowest BCUT2D eigenvalue weighted by molar-refractivity contribution is -0.136. The van der Waals surface area contributed by atoms with Crippen LogP contribution in [-0.2, 0) is 22.6 Å². The highest BCUT2D eigenvalue weighted by Gasteiger charge is 2.57. The number of carbonyl (C=O) groups is 2. The van der Waals surface area contributed by atoms with Gasteiger partial charge in [-0.1, -0.05) is 30.3 Å². The Morgan fingerprint density at radius 3 is 2.57 bits per heavy atom. The van der Waals surface area contributed by atoms with Crippen molar-refractivity contribution >= 4 is 22.8 Å². The van der Waals surface area contributed by atoms with E-state index in [1.807, 2.05) is 30.5 Å². The van der Waals surface area contributed by atoms with Gasteiger partial charge in [-0.3, -0.25) is 14.6 Å². The average Bonchev–Trinajstić information content (AvgIpc) is 3.44. The van der Waals surface area contributed by atoms with Crippen LogP contribution in [0.3, 0.4) is 0 Å². The van der Waals surface area contributed by atoms with E-state index in [9.17, 15) is 9.59 Å². The van der Waals surface area contributed by atoms with Crippen LogP contribution in [-0.4, -0.2) is 77.6 Å². The summed E-state index contributed by atoms with van der Waals surface area (Å²) in [6.45, 7) is 3.32. The number of aromatic amines is 1. The molecule has 3 amide bonds. The minimum atomic E-state index is -0.816. The molecule has 8 nitrogen and oxygen atoms in total. The largest absolute Gasteiger partial charge is 0.497 e. The van der Waals surface area contributed by atoms with Crippen LogP contribution in [0.4, 0.5) is 4.79 Å². The van der Waals surface area contributed by atoms with E-state index in [0.717, 1.165) is 30.7 Å². The van der Waals surface area contributed by atoms with Gasteiger partial charge in [0.05, 0.1) is 20.3 Å². The number of likely N-dealkylation sites (tertiary alicyclic amines) is 1. The lowest BCUT2D eigenvalue weighted by Gasteiger charge is -2.42. The number of aromatic nitrogens is 1. The average molecular weight is 477 g/mol. The maximum Gasteiger partial charge on any atom is 0.328 e. The van der Waals surface area contributed by atoms with Gasteiger partial charge < -0.3 is 19.4 Å². The standard InChI is InChI=1S/C27H32N4O4/c1-34-16-15-31-26(33)30(18-20-5-3-8-23(17-20)35-2)25(32)27(31)10-13-29(14-11-27)19-22-7-4-6-21-9-12-28-24(21)22/h3-9,12,17,28H,10-11,13-16,18-19H2,1-2H3. The molecule has 1 spiro atoms. The lowest BCUT2D eigenvalue weighted by atomic mass is 9.85. The molecule has 1 N–H and O–H groups in total. The van der Waals surface area contributed by atoms with Crippen molar-refractivity contribution in [2.75, 3.05) is 40.5 Å². The van der Waals surface area contributed by atoms with Gasteiger partial charge in [0.15, 0.2) is 0 Å². The quantitative estimate of drug-likeness (QED) is 0.503. The smallest absolute Gasteiger partial charge is 0.328 e. The van der Waals surface area contributed by atoms with Crippen LogP contribution in [0.2, 0.25) is 0 Å². The Bertz CT molecular complexity index is 1210. The highest BCUT2D eigenvalue weighted by Crippen LogP contribution is 2.38. The predicted molar refractivity (Wildman–Crippen MR) is 133 cm³/mol. The number of piperidine rings is 1. The number of fused-ring (bicyclic) bond motifs is 1. The van der Waals surface area contributed by atoms with Gasteiger partial charge in [0, 0.05) is 45.0 Å². The maximum absolute atomic E-state index is 13.8. The lowest BCUT2D eigenvalue weighted by Crippen LogP contribution is -2.57. The second-order valence-electron chi connectivity index (χ2n) is 9.34. The number of carbonyl (C=O) groups excluding carboxylic acids is 2. The van der Waals surface area contributed by atoms with Crippen molar-refractivity contribution < 1.29 is 19.1 Å². The van der Waals surface area contributed by atoms with Crippen LogP contribution in [0.15, 0.2) is 54.7 Å². The highest BCUT2D eigenvalue weighted by atomic mass is 16.5. The van der Waals surface area contributed by atoms with Crippen LogP contribution < -0.4 is 4.74 Å². The third-order valence-electron chi connectivity index (χ3n) is 7.37. The third-order valence-corrected chi connectivity index (χ3v) is 7.37. The van der Waals surface area contributed by atoms with E-state index in [1.54, 1.807) is 19.1 Å². The van der Waals surface area contributed by atoms with Crippen LogP contribution in [0, 0.1) is 0 Å². The number of methoxy groups -OCH3 is 2. The van der Waals surface area contributed by atoms with Crippen molar-refractivity contribution in [1.82, 2.24) is 19.7 Å². The Labute approximate surface area is 205 Å². The Morgan fingerprint density at radius 2 is 1.80 bits per heavy atom. The molecule has 2 aliphatic heterocycles. The van der Waals surface area contributed by atoms with E-state index in [4.69, 9.17) is 9.47 Å². The number of nitrogens with one attached hydrogen (secondary N) is 1. The van der Waals surface area contributed by atoms with Gasteiger partial charge in [-0.25, -0.2) is 4.79 Å². The summed E-state index contributed by atoms with van der Waals surface area (Å²) in [5.41, 5.74) is 2.45. The van der Waals surface area contributed by atoms with Gasteiger partial charge in [0.2, 0.25) is 0 Å². The molecule has 2 aromatic carbocycles. The third kappa shape index (κ3) is 4.28. The monoisotopic (exact) mass is 476 g/mol. The summed E-state index contributed by atoms with van der Waals surface area (Å²) < 4.78 is 10.6. The molecule has 35 heavy (non-hydrogen) atoms. The van der Waals surface area contributed by atoms with Gasteiger partial charge in [-0.2, -0.15) is 0 Å². The van der Waals surface area contributed by atoms with E-state index >= 15 is 0 Å². The van der Waals surface area contributed by atoms with E-state index in [0.29, 0.717) is 31.7 Å². The van der Waals surface area contributed by atoms with E-state index in [2.05, 4.69) is 34.1 Å². The van der Waals surface area contributed by atoms with E-state index in [1.165, 1.54) is 15.8 Å². The number of benzene rings is 2. The number of para-hydroxylation sites is 1. The topological polar surface area (TPSA) is 78.1 Å². The van der Waals surface area contributed by atoms with Crippen LogP contribution in [0.25, 0.3) is 10.9 Å². The summed E-state index contributed by atoms with van der Waals surface area (Å²) in [5, 5.41) is 1.20. The molecule has 184 valence electrons. The molecular weight excluding hydrogens is 444 g/mol. The van der Waals surface area contributed by atoms with Crippen LogP contribution in [0.5, 0.6) is 5.75 Å². The van der Waals surface area contributed by atoms with Crippen molar-refractivity contribution in [2.24, 2.45) is 0 Å². The first-order valence-corrected chi connectivity index (χ1v) is 12.1. The predicted octanol–water partition coefficient (Wildman–Crippen LogP) is 3.62. The van der Waals surface area contributed by atoms with Crippen LogP contribution in [0.1, 0.15) is 24.0 Å². The molecule has 0 bridgehead atoms. The van der Waals surface area contributed by atoms with Gasteiger partial charge in [0.25, 0.3) is 5.91 Å². The second kappa shape index (κ2) is 9.71. The molecule has 2 saturated heterocycles. The Balaban J connectivity index is 1.34. The van der Waals surface area contributed by atoms with Crippen molar-refractivity contribution in [2.45, 2.75) is 31.5 Å². The second-order valence-corrected chi connectivity index (χ2v) is 9.34. The van der Waals surface area contributed by atoms with Crippen LogP contribution >= 0.6 is 0 Å². The summed E-state index contributed by atoms with van der Waals surface area (Å²) in [6.07, 6.45) is 3.18. The fraction of sp³-hybridized carbons (Fsp3) is 0.407. The number of amides is 3. The zero-order valence-electron chi connectivity index (χ0n) is 20.3. The molecule has 0 radical (unpaired) electrons. The minimum absolute atomic E-state index is 0.104. The molecule has 5 rings (SSSR count). The zero-order chi connectivity index (χ0) is 24.4. The maximum atomic E-state index is 13.8. The minimum Gasteiger partial charge on any atom is -0.497 e. The molecule has 2 fully saturated rings. The van der Waals surface area contributed by atoms with E-state index in [-0.39, 0.29) is 18.5 Å². The molecule has 2 aliphatic rings. The number of H-pyrrole nitrogens is 1. The molecule has 1 aromatic heterocycles. The van der Waals surface area contributed by atoms with Gasteiger partial charge in [-0.15, -0.1) is 0 Å². The summed E-state index contributed by atoms with van der Waals surface area (Å²) in [5.74, 6) is 0.602. The molecular formula is C27H32N4O4. The molecule has 3 aromatic rings. The number of imide groups is 1. The molecule has 0 unspecified atom stereocenters. The normalized spacial score (nSPS) is 18.2. The van der Waals surface area contributed by atoms with Crippen molar-refractivity contribution in [1.29, 1.82) is 0 Å². The Kier molecular flexibility index (Phi) is 6.49. The number of hydrogen-bond donors (Lipinski definition) is 1. The number of ether oxygens (including phenoxy) is 2. The first-order chi connectivity index (χ1) is 17.1. The summed E-state index contributed by atoms with van der Waals surface area (Å²) in [7, 11) is 3.23. The highest BCUT2D eigenvalue weighted by molar-refractivity contribution is 6.07. The molecule has 3 heterocycles. The zero-order valence-corrected chi connectivity index (χ0v) is 20.3. The first-order valence-electron chi connectivity index (χ1n) is 12.1. The number of hydrogen-bond acceptors (Lipinski definition) is 5. The fourth-order valence-corrected chi connectivity index (χ4v) is 5.45. The van der Waals surface area contributed by atoms with Crippen molar-refractivity contribution in [3.63, 3.8) is 0 Å². The molecule has 8 heteroatoms.